The van der Waals surface area contributed by atoms with Gasteiger partial charge in [-0.25, -0.2) is 4.98 Å². The zero-order valence-electron chi connectivity index (χ0n) is 12.1. The maximum absolute atomic E-state index is 11.4. The van der Waals surface area contributed by atoms with Gasteiger partial charge in [0.1, 0.15) is 5.82 Å². The van der Waals surface area contributed by atoms with Crippen LogP contribution in [0.2, 0.25) is 0 Å². The van der Waals surface area contributed by atoms with Gasteiger partial charge in [0, 0.05) is 13.1 Å². The number of nitrogens with zero attached hydrogens (tertiary/aromatic N) is 2. The van der Waals surface area contributed by atoms with Gasteiger partial charge < -0.3 is 15.2 Å². The van der Waals surface area contributed by atoms with Crippen molar-refractivity contribution in [2.75, 3.05) is 13.1 Å². The number of amides is 1. The van der Waals surface area contributed by atoms with Gasteiger partial charge in [0.2, 0.25) is 5.91 Å². The Labute approximate surface area is 119 Å². The summed E-state index contributed by atoms with van der Waals surface area (Å²) >= 11 is 0. The number of nitrogens with one attached hydrogen (secondary N) is 2. The second kappa shape index (κ2) is 7.05. The van der Waals surface area contributed by atoms with E-state index in [0.717, 1.165) is 29.8 Å². The summed E-state index contributed by atoms with van der Waals surface area (Å²) in [6, 6.07) is 8.14. The van der Waals surface area contributed by atoms with Gasteiger partial charge in [0.05, 0.1) is 24.1 Å². The molecule has 0 spiro atoms. The molecule has 0 aliphatic rings. The van der Waals surface area contributed by atoms with E-state index in [1.165, 1.54) is 0 Å². The predicted molar refractivity (Wildman–Crippen MR) is 80.4 cm³/mol. The van der Waals surface area contributed by atoms with Crippen LogP contribution in [0.25, 0.3) is 11.0 Å². The molecule has 0 aliphatic heterocycles. The SMILES string of the molecule is CCCn1c(CNCC(=O)NCC)nc2ccccc21. The molecule has 5 nitrogen and oxygen atoms in total. The molecule has 0 saturated carbocycles. The Kier molecular flexibility index (Phi) is 5.12. The predicted octanol–water partition coefficient (Wildman–Crippen LogP) is 1.67. The van der Waals surface area contributed by atoms with Gasteiger partial charge in [-0.15, -0.1) is 0 Å². The van der Waals surface area contributed by atoms with Gasteiger partial charge in [-0.2, -0.15) is 0 Å². The average molecular weight is 274 g/mol. The summed E-state index contributed by atoms with van der Waals surface area (Å²) in [5.74, 6) is 1.00. The lowest BCUT2D eigenvalue weighted by molar-refractivity contribution is -0.120. The monoisotopic (exact) mass is 274 g/mol. The third-order valence-electron chi connectivity index (χ3n) is 3.12. The normalized spacial score (nSPS) is 10.9. The van der Waals surface area contributed by atoms with Crippen molar-refractivity contribution in [3.8, 4) is 0 Å². The van der Waals surface area contributed by atoms with Gasteiger partial charge in [-0.1, -0.05) is 19.1 Å². The van der Waals surface area contributed by atoms with Crippen molar-refractivity contribution in [2.45, 2.75) is 33.4 Å². The fourth-order valence-corrected chi connectivity index (χ4v) is 2.28. The number of fused-ring (bicyclic) bond motifs is 1. The Hall–Kier alpha value is -1.88. The first-order valence-corrected chi connectivity index (χ1v) is 7.17. The Morgan fingerprint density at radius 1 is 1.30 bits per heavy atom. The molecule has 1 amide bonds. The third-order valence-corrected chi connectivity index (χ3v) is 3.12. The van der Waals surface area contributed by atoms with Gasteiger partial charge in [-0.05, 0) is 25.5 Å². The maximum Gasteiger partial charge on any atom is 0.233 e. The fourth-order valence-electron chi connectivity index (χ4n) is 2.28. The van der Waals surface area contributed by atoms with E-state index < -0.39 is 0 Å². The fraction of sp³-hybridized carbons (Fsp3) is 0.467. The number of likely N-dealkylation sites (N-methyl/N-ethyl adjacent to an activating group) is 1. The second-order valence-electron chi connectivity index (χ2n) is 4.73. The number of carbonyl (C=O) groups excluding carboxylic acids is 1. The minimum absolute atomic E-state index is 0.0191. The van der Waals surface area contributed by atoms with E-state index in [0.29, 0.717) is 19.6 Å². The van der Waals surface area contributed by atoms with Crippen LogP contribution in [-0.2, 0) is 17.9 Å². The Bertz CT molecular complexity index is 576. The van der Waals surface area contributed by atoms with Crippen LogP contribution in [0.15, 0.2) is 24.3 Å². The number of rotatable bonds is 7. The number of imidazole rings is 1. The van der Waals surface area contributed by atoms with E-state index >= 15 is 0 Å². The van der Waals surface area contributed by atoms with Crippen LogP contribution < -0.4 is 10.6 Å². The number of hydrogen-bond acceptors (Lipinski definition) is 3. The average Bonchev–Trinajstić information content (AvgIpc) is 2.78. The van der Waals surface area contributed by atoms with E-state index in [9.17, 15) is 4.79 Å². The molecule has 1 aromatic carbocycles. The van der Waals surface area contributed by atoms with E-state index in [4.69, 9.17) is 0 Å². The minimum atomic E-state index is 0.0191. The van der Waals surface area contributed by atoms with Crippen LogP contribution in [-0.4, -0.2) is 28.5 Å². The Morgan fingerprint density at radius 3 is 2.85 bits per heavy atom. The summed E-state index contributed by atoms with van der Waals surface area (Å²) in [5, 5.41) is 5.92. The summed E-state index contributed by atoms with van der Waals surface area (Å²) in [7, 11) is 0. The van der Waals surface area contributed by atoms with Gasteiger partial charge in [0.15, 0.2) is 0 Å². The van der Waals surface area contributed by atoms with Gasteiger partial charge in [-0.3, -0.25) is 4.79 Å². The van der Waals surface area contributed by atoms with E-state index in [1.54, 1.807) is 0 Å². The molecule has 0 saturated heterocycles. The number of aromatic nitrogens is 2. The number of para-hydroxylation sites is 2. The molecule has 0 radical (unpaired) electrons. The maximum atomic E-state index is 11.4. The van der Waals surface area contributed by atoms with Crippen molar-refractivity contribution in [2.24, 2.45) is 0 Å². The Balaban J connectivity index is 2.08. The van der Waals surface area contributed by atoms with Crippen LogP contribution in [0.3, 0.4) is 0 Å². The summed E-state index contributed by atoms with van der Waals surface area (Å²) in [6.07, 6.45) is 1.06. The molecule has 108 valence electrons. The zero-order chi connectivity index (χ0) is 14.4. The number of benzene rings is 1. The van der Waals surface area contributed by atoms with Crippen LogP contribution in [0, 0.1) is 0 Å². The lowest BCUT2D eigenvalue weighted by atomic mass is 10.3. The van der Waals surface area contributed by atoms with Crippen molar-refractivity contribution in [3.05, 3.63) is 30.1 Å². The lowest BCUT2D eigenvalue weighted by Crippen LogP contribution is -2.33. The molecule has 0 fully saturated rings. The summed E-state index contributed by atoms with van der Waals surface area (Å²) in [4.78, 5) is 16.1. The first-order valence-electron chi connectivity index (χ1n) is 7.17. The number of hydrogen-bond donors (Lipinski definition) is 2. The molecule has 0 bridgehead atoms. The highest BCUT2D eigenvalue weighted by molar-refractivity contribution is 5.78. The van der Waals surface area contributed by atoms with Gasteiger partial charge >= 0.3 is 0 Å². The quantitative estimate of drug-likeness (QED) is 0.807. The smallest absolute Gasteiger partial charge is 0.233 e. The molecular formula is C15H22N4O. The highest BCUT2D eigenvalue weighted by Gasteiger charge is 2.09. The molecule has 2 N–H and O–H groups in total. The highest BCUT2D eigenvalue weighted by atomic mass is 16.1. The van der Waals surface area contributed by atoms with Crippen molar-refractivity contribution in [3.63, 3.8) is 0 Å². The summed E-state index contributed by atoms with van der Waals surface area (Å²) < 4.78 is 2.22. The topological polar surface area (TPSA) is 59.0 Å². The van der Waals surface area contributed by atoms with Crippen LogP contribution in [0.1, 0.15) is 26.1 Å². The minimum Gasteiger partial charge on any atom is -0.355 e. The molecule has 0 aliphatic carbocycles. The first-order chi connectivity index (χ1) is 9.76. The molecule has 1 heterocycles. The largest absolute Gasteiger partial charge is 0.355 e. The van der Waals surface area contributed by atoms with Gasteiger partial charge in [0.25, 0.3) is 0 Å². The molecule has 20 heavy (non-hydrogen) atoms. The second-order valence-corrected chi connectivity index (χ2v) is 4.73. The van der Waals surface area contributed by atoms with Crippen LogP contribution >= 0.6 is 0 Å². The molecule has 1 aromatic heterocycles. The first kappa shape index (κ1) is 14.5. The highest BCUT2D eigenvalue weighted by Crippen LogP contribution is 2.16. The molecule has 0 unspecified atom stereocenters. The number of carbonyl (C=O) groups is 1. The van der Waals surface area contributed by atoms with Crippen molar-refractivity contribution in [1.29, 1.82) is 0 Å². The summed E-state index contributed by atoms with van der Waals surface area (Å²) in [5.41, 5.74) is 2.17. The van der Waals surface area contributed by atoms with Crippen molar-refractivity contribution >= 4 is 16.9 Å². The zero-order valence-corrected chi connectivity index (χ0v) is 12.1. The van der Waals surface area contributed by atoms with E-state index in [1.807, 2.05) is 25.1 Å². The third kappa shape index (κ3) is 3.36. The van der Waals surface area contributed by atoms with E-state index in [-0.39, 0.29) is 5.91 Å². The Morgan fingerprint density at radius 2 is 2.10 bits per heavy atom. The molecule has 5 heteroatoms. The molecule has 2 aromatic rings. The van der Waals surface area contributed by atoms with E-state index in [2.05, 4.69) is 33.2 Å². The van der Waals surface area contributed by atoms with Crippen molar-refractivity contribution in [1.82, 2.24) is 20.2 Å². The molecule has 2 rings (SSSR count). The number of aryl methyl sites for hydroxylation is 1. The van der Waals surface area contributed by atoms with Crippen LogP contribution in [0.5, 0.6) is 0 Å². The molecular weight excluding hydrogens is 252 g/mol. The standard InChI is InChI=1S/C15H22N4O/c1-3-9-19-13-8-6-5-7-12(13)18-14(19)10-16-11-15(20)17-4-2/h5-8,16H,3-4,9-11H2,1-2H3,(H,17,20). The van der Waals surface area contributed by atoms with Crippen molar-refractivity contribution < 1.29 is 4.79 Å². The lowest BCUT2D eigenvalue weighted by Gasteiger charge is -2.08. The van der Waals surface area contributed by atoms with Crippen LogP contribution in [0.4, 0.5) is 0 Å². The summed E-state index contributed by atoms with van der Waals surface area (Å²) in [6.45, 7) is 6.60. The molecule has 0 atom stereocenters.